The van der Waals surface area contributed by atoms with E-state index in [0.717, 1.165) is 5.01 Å². The zero-order chi connectivity index (χ0) is 13.1. The minimum absolute atomic E-state index is 0.0897. The average molecular weight is 277 g/mol. The summed E-state index contributed by atoms with van der Waals surface area (Å²) in [6, 6.07) is 0. The Morgan fingerprint density at radius 1 is 1.59 bits per heavy atom. The number of carboxylic acid groups (broad SMARTS) is 1. The van der Waals surface area contributed by atoms with Crippen LogP contribution < -0.4 is 0 Å². The average Bonchev–Trinajstić information content (AvgIpc) is 2.56. The lowest BCUT2D eigenvalue weighted by atomic mass is 10.1. The van der Waals surface area contributed by atoms with Crippen LogP contribution in [0.4, 0.5) is 0 Å². The van der Waals surface area contributed by atoms with Crippen molar-refractivity contribution in [3.8, 4) is 0 Å². The molecule has 0 bridgehead atoms. The van der Waals surface area contributed by atoms with Gasteiger partial charge in [0, 0.05) is 12.1 Å². The molecule has 1 aromatic rings. The first-order valence-corrected chi connectivity index (χ1v) is 6.55. The molecule has 6 heteroatoms. The second kappa shape index (κ2) is 5.80. The molecule has 0 radical (unpaired) electrons. The topological polar surface area (TPSA) is 53.4 Å². The Labute approximate surface area is 110 Å². The summed E-state index contributed by atoms with van der Waals surface area (Å²) >= 11 is 7.26. The van der Waals surface area contributed by atoms with E-state index in [9.17, 15) is 4.79 Å². The number of aliphatic carboxylic acids is 1. The third-order valence-corrected chi connectivity index (χ3v) is 3.50. The fraction of sp³-hybridized carbons (Fsp3) is 0.636. The quantitative estimate of drug-likeness (QED) is 0.898. The molecule has 0 saturated carbocycles. The number of rotatable bonds is 5. The standard InChI is InChI=1S/C11H17ClN2O2S/c1-11(2,3)14(5-4-10(15)16)7-9-13-6-8(12)17-9/h6H,4-5,7H2,1-3H3,(H,15,16). The molecule has 1 aromatic heterocycles. The third-order valence-electron chi connectivity index (χ3n) is 2.40. The van der Waals surface area contributed by atoms with Crippen LogP contribution in [0.5, 0.6) is 0 Å². The van der Waals surface area contributed by atoms with Gasteiger partial charge in [-0.05, 0) is 20.8 Å². The molecule has 0 fully saturated rings. The van der Waals surface area contributed by atoms with Crippen molar-refractivity contribution in [2.45, 2.75) is 39.3 Å². The van der Waals surface area contributed by atoms with Gasteiger partial charge in [-0.2, -0.15) is 0 Å². The summed E-state index contributed by atoms with van der Waals surface area (Å²) < 4.78 is 0.659. The summed E-state index contributed by atoms with van der Waals surface area (Å²) in [4.78, 5) is 16.9. The predicted octanol–water partition coefficient (Wildman–Crippen LogP) is 2.87. The Balaban J connectivity index is 2.67. The number of hydrogen-bond donors (Lipinski definition) is 1. The number of aromatic nitrogens is 1. The van der Waals surface area contributed by atoms with Crippen LogP contribution in [0.25, 0.3) is 0 Å². The van der Waals surface area contributed by atoms with Gasteiger partial charge in [-0.1, -0.05) is 11.6 Å². The highest BCUT2D eigenvalue weighted by Gasteiger charge is 2.22. The molecule has 4 nitrogen and oxygen atoms in total. The first-order chi connectivity index (χ1) is 7.79. The fourth-order valence-electron chi connectivity index (χ4n) is 1.41. The molecule has 0 aliphatic heterocycles. The van der Waals surface area contributed by atoms with Gasteiger partial charge in [-0.25, -0.2) is 4.98 Å². The molecular formula is C11H17ClN2O2S. The highest BCUT2D eigenvalue weighted by molar-refractivity contribution is 7.15. The van der Waals surface area contributed by atoms with Crippen molar-refractivity contribution in [2.75, 3.05) is 6.54 Å². The van der Waals surface area contributed by atoms with E-state index in [1.54, 1.807) is 6.20 Å². The molecule has 0 aliphatic carbocycles. The minimum atomic E-state index is -0.781. The van der Waals surface area contributed by atoms with E-state index in [1.165, 1.54) is 11.3 Å². The number of thiazole rings is 1. The van der Waals surface area contributed by atoms with E-state index >= 15 is 0 Å². The first kappa shape index (κ1) is 14.4. The molecule has 0 amide bonds. The maximum atomic E-state index is 10.6. The van der Waals surface area contributed by atoms with Crippen molar-refractivity contribution in [2.24, 2.45) is 0 Å². The zero-order valence-corrected chi connectivity index (χ0v) is 11.8. The summed E-state index contributed by atoms with van der Waals surface area (Å²) in [5, 5.41) is 9.65. The Hall–Kier alpha value is -0.650. The van der Waals surface area contributed by atoms with Gasteiger partial charge in [0.15, 0.2) is 0 Å². The molecule has 17 heavy (non-hydrogen) atoms. The van der Waals surface area contributed by atoms with Crippen LogP contribution in [0, 0.1) is 0 Å². The van der Waals surface area contributed by atoms with Crippen molar-refractivity contribution in [3.05, 3.63) is 15.5 Å². The second-order valence-electron chi connectivity index (χ2n) is 4.79. The molecule has 96 valence electrons. The summed E-state index contributed by atoms with van der Waals surface area (Å²) in [5.74, 6) is -0.781. The van der Waals surface area contributed by atoms with Crippen LogP contribution in [0.15, 0.2) is 6.20 Å². The van der Waals surface area contributed by atoms with Gasteiger partial charge in [-0.15, -0.1) is 11.3 Å². The van der Waals surface area contributed by atoms with Gasteiger partial charge < -0.3 is 5.11 Å². The zero-order valence-electron chi connectivity index (χ0n) is 10.2. The van der Waals surface area contributed by atoms with Crippen molar-refractivity contribution in [1.82, 2.24) is 9.88 Å². The van der Waals surface area contributed by atoms with E-state index in [-0.39, 0.29) is 12.0 Å². The van der Waals surface area contributed by atoms with Crippen LogP contribution in [-0.4, -0.2) is 33.0 Å². The molecule has 0 saturated heterocycles. The van der Waals surface area contributed by atoms with E-state index in [0.29, 0.717) is 17.4 Å². The molecule has 0 atom stereocenters. The SMILES string of the molecule is CC(C)(C)N(CCC(=O)O)Cc1ncc(Cl)s1. The normalized spacial score (nSPS) is 12.1. The van der Waals surface area contributed by atoms with Gasteiger partial charge in [0.1, 0.15) is 9.34 Å². The predicted molar refractivity (Wildman–Crippen MR) is 69.5 cm³/mol. The maximum absolute atomic E-state index is 10.6. The summed E-state index contributed by atoms with van der Waals surface area (Å²) in [6.07, 6.45) is 1.76. The van der Waals surface area contributed by atoms with E-state index in [1.807, 2.05) is 0 Å². The monoisotopic (exact) mass is 276 g/mol. The van der Waals surface area contributed by atoms with Crippen LogP contribution in [0.2, 0.25) is 4.34 Å². The number of carboxylic acids is 1. The Morgan fingerprint density at radius 3 is 2.65 bits per heavy atom. The smallest absolute Gasteiger partial charge is 0.304 e. The van der Waals surface area contributed by atoms with Crippen LogP contribution >= 0.6 is 22.9 Å². The summed E-state index contributed by atoms with van der Waals surface area (Å²) in [6.45, 7) is 7.32. The van der Waals surface area contributed by atoms with Gasteiger partial charge in [0.2, 0.25) is 0 Å². The van der Waals surface area contributed by atoms with Crippen LogP contribution in [0.3, 0.4) is 0 Å². The van der Waals surface area contributed by atoms with Crippen molar-refractivity contribution in [1.29, 1.82) is 0 Å². The summed E-state index contributed by atoms with van der Waals surface area (Å²) in [5.41, 5.74) is -0.0897. The Bertz CT molecular complexity index is 387. The Morgan fingerprint density at radius 2 is 2.24 bits per heavy atom. The highest BCUT2D eigenvalue weighted by atomic mass is 35.5. The number of carbonyl (C=O) groups is 1. The molecule has 1 rings (SSSR count). The summed E-state index contributed by atoms with van der Waals surface area (Å²) in [7, 11) is 0. The molecule has 0 spiro atoms. The van der Waals surface area contributed by atoms with Crippen LogP contribution in [0.1, 0.15) is 32.2 Å². The van der Waals surface area contributed by atoms with Crippen molar-refractivity contribution >= 4 is 28.9 Å². The second-order valence-corrected chi connectivity index (χ2v) is 6.54. The largest absolute Gasteiger partial charge is 0.481 e. The van der Waals surface area contributed by atoms with Gasteiger partial charge in [0.05, 0.1) is 19.2 Å². The van der Waals surface area contributed by atoms with E-state index in [4.69, 9.17) is 16.7 Å². The molecule has 1 heterocycles. The lowest BCUT2D eigenvalue weighted by Crippen LogP contribution is -2.41. The van der Waals surface area contributed by atoms with Gasteiger partial charge in [-0.3, -0.25) is 9.69 Å². The molecular weight excluding hydrogens is 260 g/mol. The van der Waals surface area contributed by atoms with E-state index in [2.05, 4.69) is 30.7 Å². The lowest BCUT2D eigenvalue weighted by Gasteiger charge is -2.34. The maximum Gasteiger partial charge on any atom is 0.304 e. The lowest BCUT2D eigenvalue weighted by molar-refractivity contribution is -0.137. The number of hydrogen-bond acceptors (Lipinski definition) is 4. The van der Waals surface area contributed by atoms with E-state index < -0.39 is 5.97 Å². The molecule has 1 N–H and O–H groups in total. The van der Waals surface area contributed by atoms with Crippen molar-refractivity contribution < 1.29 is 9.90 Å². The minimum Gasteiger partial charge on any atom is -0.481 e. The third kappa shape index (κ3) is 5.02. The van der Waals surface area contributed by atoms with Crippen LogP contribution in [-0.2, 0) is 11.3 Å². The fourth-order valence-corrected chi connectivity index (χ4v) is 2.38. The highest BCUT2D eigenvalue weighted by Crippen LogP contribution is 2.23. The first-order valence-electron chi connectivity index (χ1n) is 5.36. The molecule has 0 unspecified atom stereocenters. The van der Waals surface area contributed by atoms with Gasteiger partial charge >= 0.3 is 5.97 Å². The molecule has 0 aromatic carbocycles. The number of halogens is 1. The van der Waals surface area contributed by atoms with Crippen molar-refractivity contribution in [3.63, 3.8) is 0 Å². The Kier molecular flexibility index (Phi) is 4.91. The van der Waals surface area contributed by atoms with Gasteiger partial charge in [0.25, 0.3) is 0 Å². The molecule has 0 aliphatic rings. The number of nitrogens with zero attached hydrogens (tertiary/aromatic N) is 2.